The van der Waals surface area contributed by atoms with Gasteiger partial charge in [-0.15, -0.1) is 11.3 Å². The lowest BCUT2D eigenvalue weighted by Gasteiger charge is -2.35. The lowest BCUT2D eigenvalue weighted by Crippen LogP contribution is -2.49. The fraction of sp³-hybridized carbons (Fsp3) is 0.667. The standard InChI is InChI=1S/C15H22N4O3S/c20-13(17-15-16-3-9-23-15)11-18-4-1-2-12(10-18)14(21)19-5-7-22-8-6-19/h3,9,12H,1-2,4-8,10-11H2,(H,16,17,20). The summed E-state index contributed by atoms with van der Waals surface area (Å²) in [4.78, 5) is 32.6. The molecule has 3 heterocycles. The molecule has 2 saturated heterocycles. The number of ether oxygens (including phenoxy) is 1. The highest BCUT2D eigenvalue weighted by Crippen LogP contribution is 2.19. The number of hydrogen-bond acceptors (Lipinski definition) is 6. The zero-order valence-corrected chi connectivity index (χ0v) is 13.9. The fourth-order valence-electron chi connectivity index (χ4n) is 3.09. The lowest BCUT2D eigenvalue weighted by molar-refractivity contribution is -0.141. The van der Waals surface area contributed by atoms with Gasteiger partial charge in [-0.3, -0.25) is 14.5 Å². The Labute approximate surface area is 139 Å². The number of hydrogen-bond donors (Lipinski definition) is 1. The quantitative estimate of drug-likeness (QED) is 0.873. The van der Waals surface area contributed by atoms with Gasteiger partial charge in [-0.25, -0.2) is 4.98 Å². The second kappa shape index (κ2) is 7.85. The van der Waals surface area contributed by atoms with E-state index in [2.05, 4.69) is 15.2 Å². The van der Waals surface area contributed by atoms with Crippen molar-refractivity contribution < 1.29 is 14.3 Å². The summed E-state index contributed by atoms with van der Waals surface area (Å²) < 4.78 is 5.30. The monoisotopic (exact) mass is 338 g/mol. The molecule has 3 rings (SSSR count). The van der Waals surface area contributed by atoms with E-state index in [4.69, 9.17) is 4.74 Å². The molecule has 0 radical (unpaired) electrons. The molecule has 1 atom stereocenters. The van der Waals surface area contributed by atoms with Gasteiger partial charge in [0.25, 0.3) is 0 Å². The average molecular weight is 338 g/mol. The van der Waals surface area contributed by atoms with E-state index >= 15 is 0 Å². The number of thiazole rings is 1. The molecule has 0 spiro atoms. The van der Waals surface area contributed by atoms with Gasteiger partial charge in [0.05, 0.1) is 25.7 Å². The van der Waals surface area contributed by atoms with Crippen LogP contribution in [0.2, 0.25) is 0 Å². The van der Waals surface area contributed by atoms with Gasteiger partial charge in [0.15, 0.2) is 5.13 Å². The summed E-state index contributed by atoms with van der Waals surface area (Å²) in [6.45, 7) is 4.43. The molecular formula is C15H22N4O3S. The molecule has 1 aromatic rings. The topological polar surface area (TPSA) is 74.8 Å². The van der Waals surface area contributed by atoms with E-state index in [9.17, 15) is 9.59 Å². The number of piperidine rings is 1. The highest BCUT2D eigenvalue weighted by atomic mass is 32.1. The highest BCUT2D eigenvalue weighted by molar-refractivity contribution is 7.13. The Bertz CT molecular complexity index is 531. The van der Waals surface area contributed by atoms with E-state index < -0.39 is 0 Å². The van der Waals surface area contributed by atoms with Gasteiger partial charge in [0, 0.05) is 31.2 Å². The molecule has 126 valence electrons. The van der Waals surface area contributed by atoms with Crippen molar-refractivity contribution in [2.24, 2.45) is 5.92 Å². The normalized spacial score (nSPS) is 22.8. The number of likely N-dealkylation sites (tertiary alicyclic amines) is 1. The number of morpholine rings is 1. The van der Waals surface area contributed by atoms with Gasteiger partial charge in [0.1, 0.15) is 0 Å². The summed E-state index contributed by atoms with van der Waals surface area (Å²) >= 11 is 1.40. The smallest absolute Gasteiger partial charge is 0.240 e. The van der Waals surface area contributed by atoms with Crippen LogP contribution >= 0.6 is 11.3 Å². The van der Waals surface area contributed by atoms with E-state index in [0.717, 1.165) is 19.4 Å². The molecule has 2 amide bonds. The van der Waals surface area contributed by atoms with Crippen molar-refractivity contribution in [2.75, 3.05) is 51.3 Å². The maximum atomic E-state index is 12.6. The number of carbonyl (C=O) groups is 2. The third-order valence-corrected chi connectivity index (χ3v) is 4.91. The van der Waals surface area contributed by atoms with Crippen LogP contribution in [0.25, 0.3) is 0 Å². The summed E-state index contributed by atoms with van der Waals surface area (Å²) in [7, 11) is 0. The molecule has 8 heteroatoms. The maximum Gasteiger partial charge on any atom is 0.240 e. The minimum absolute atomic E-state index is 0.00508. The first kappa shape index (κ1) is 16.4. The molecule has 1 unspecified atom stereocenters. The van der Waals surface area contributed by atoms with Crippen molar-refractivity contribution in [3.8, 4) is 0 Å². The predicted molar refractivity (Wildman–Crippen MR) is 87.3 cm³/mol. The van der Waals surface area contributed by atoms with Gasteiger partial charge in [-0.05, 0) is 19.4 Å². The zero-order chi connectivity index (χ0) is 16.1. The number of anilines is 1. The maximum absolute atomic E-state index is 12.6. The summed E-state index contributed by atoms with van der Waals surface area (Å²) in [6.07, 6.45) is 3.52. The first-order valence-electron chi connectivity index (χ1n) is 8.00. The van der Waals surface area contributed by atoms with Crippen molar-refractivity contribution in [1.82, 2.24) is 14.8 Å². The van der Waals surface area contributed by atoms with Gasteiger partial charge >= 0.3 is 0 Å². The van der Waals surface area contributed by atoms with Crippen LogP contribution in [0, 0.1) is 5.92 Å². The third-order valence-electron chi connectivity index (χ3n) is 4.22. The Morgan fingerprint density at radius 3 is 2.91 bits per heavy atom. The minimum Gasteiger partial charge on any atom is -0.378 e. The largest absolute Gasteiger partial charge is 0.378 e. The second-order valence-electron chi connectivity index (χ2n) is 5.90. The Morgan fingerprint density at radius 1 is 1.35 bits per heavy atom. The predicted octanol–water partition coefficient (Wildman–Crippen LogP) is 0.652. The van der Waals surface area contributed by atoms with Crippen LogP contribution in [0.15, 0.2) is 11.6 Å². The van der Waals surface area contributed by atoms with Crippen LogP contribution in [0.5, 0.6) is 0 Å². The van der Waals surface area contributed by atoms with Gasteiger partial charge < -0.3 is 15.0 Å². The molecule has 0 bridgehead atoms. The first-order valence-corrected chi connectivity index (χ1v) is 8.88. The molecule has 1 N–H and O–H groups in total. The number of carbonyl (C=O) groups excluding carboxylic acids is 2. The van der Waals surface area contributed by atoms with E-state index in [-0.39, 0.29) is 17.7 Å². The molecule has 0 saturated carbocycles. The number of aromatic nitrogens is 1. The van der Waals surface area contributed by atoms with Crippen LogP contribution in [-0.2, 0) is 14.3 Å². The third kappa shape index (κ3) is 4.49. The highest BCUT2D eigenvalue weighted by Gasteiger charge is 2.30. The van der Waals surface area contributed by atoms with Crippen molar-refractivity contribution in [1.29, 1.82) is 0 Å². The number of nitrogens with one attached hydrogen (secondary N) is 1. The van der Waals surface area contributed by atoms with Crippen LogP contribution in [-0.4, -0.2) is 72.5 Å². The molecule has 0 aromatic carbocycles. The zero-order valence-electron chi connectivity index (χ0n) is 13.1. The van der Waals surface area contributed by atoms with Crippen molar-refractivity contribution in [3.63, 3.8) is 0 Å². The van der Waals surface area contributed by atoms with Crippen LogP contribution in [0.3, 0.4) is 0 Å². The van der Waals surface area contributed by atoms with Crippen LogP contribution in [0.4, 0.5) is 5.13 Å². The molecule has 2 aliphatic heterocycles. The molecule has 7 nitrogen and oxygen atoms in total. The Hall–Kier alpha value is -1.51. The molecule has 1 aromatic heterocycles. The number of amides is 2. The summed E-state index contributed by atoms with van der Waals surface area (Å²) in [5, 5.41) is 5.24. The molecule has 0 aliphatic carbocycles. The fourth-order valence-corrected chi connectivity index (χ4v) is 3.63. The number of rotatable bonds is 4. The molecule has 2 aliphatic rings. The van der Waals surface area contributed by atoms with E-state index in [0.29, 0.717) is 44.5 Å². The van der Waals surface area contributed by atoms with E-state index in [1.54, 1.807) is 6.20 Å². The Balaban J connectivity index is 1.49. The van der Waals surface area contributed by atoms with Crippen molar-refractivity contribution in [2.45, 2.75) is 12.8 Å². The lowest BCUT2D eigenvalue weighted by atomic mass is 9.96. The van der Waals surface area contributed by atoms with E-state index in [1.165, 1.54) is 11.3 Å². The van der Waals surface area contributed by atoms with Gasteiger partial charge in [-0.1, -0.05) is 0 Å². The molecular weight excluding hydrogens is 316 g/mol. The van der Waals surface area contributed by atoms with Crippen molar-refractivity contribution >= 4 is 28.3 Å². The van der Waals surface area contributed by atoms with Crippen LogP contribution < -0.4 is 5.32 Å². The number of nitrogens with zero attached hydrogens (tertiary/aromatic N) is 3. The molecule has 23 heavy (non-hydrogen) atoms. The van der Waals surface area contributed by atoms with E-state index in [1.807, 2.05) is 10.3 Å². The first-order chi connectivity index (χ1) is 11.2. The Morgan fingerprint density at radius 2 is 2.17 bits per heavy atom. The van der Waals surface area contributed by atoms with Gasteiger partial charge in [-0.2, -0.15) is 0 Å². The minimum atomic E-state index is -0.0700. The summed E-state index contributed by atoms with van der Waals surface area (Å²) in [5.41, 5.74) is 0. The summed E-state index contributed by atoms with van der Waals surface area (Å²) in [5.74, 6) is 0.132. The Kier molecular flexibility index (Phi) is 5.58. The SMILES string of the molecule is O=C(CN1CCCC(C(=O)N2CCOCC2)C1)Nc1nccs1. The van der Waals surface area contributed by atoms with Crippen LogP contribution in [0.1, 0.15) is 12.8 Å². The average Bonchev–Trinajstić information content (AvgIpc) is 3.08. The van der Waals surface area contributed by atoms with Crippen molar-refractivity contribution in [3.05, 3.63) is 11.6 Å². The summed E-state index contributed by atoms with van der Waals surface area (Å²) in [6, 6.07) is 0. The second-order valence-corrected chi connectivity index (χ2v) is 6.79. The molecule has 2 fully saturated rings. The van der Waals surface area contributed by atoms with Gasteiger partial charge in [0.2, 0.25) is 11.8 Å².